The first kappa shape index (κ1) is 15.6. The molecule has 2 aromatic carbocycles. The topological polar surface area (TPSA) is 21.3 Å². The van der Waals surface area contributed by atoms with Gasteiger partial charge in [0.05, 0.1) is 0 Å². The first-order valence-electron chi connectivity index (χ1n) is 7.01. The van der Waals surface area contributed by atoms with Crippen LogP contribution in [0.25, 0.3) is 0 Å². The van der Waals surface area contributed by atoms with Crippen LogP contribution in [0.15, 0.2) is 61.2 Å². The maximum atomic E-state index is 6.03. The van der Waals surface area contributed by atoms with E-state index in [1.54, 1.807) is 6.08 Å². The summed E-state index contributed by atoms with van der Waals surface area (Å²) < 4.78 is 5.66. The highest BCUT2D eigenvalue weighted by molar-refractivity contribution is 6.30. The summed E-state index contributed by atoms with van der Waals surface area (Å²) in [5.41, 5.74) is 2.31. The number of hydrogen-bond acceptors (Lipinski definition) is 2. The third-order valence-electron chi connectivity index (χ3n) is 3.28. The summed E-state index contributed by atoms with van der Waals surface area (Å²) in [6.07, 6.45) is 1.75. The van der Waals surface area contributed by atoms with Gasteiger partial charge in [0.2, 0.25) is 0 Å². The number of halogens is 1. The Hall–Kier alpha value is -1.77. The Morgan fingerprint density at radius 2 is 2.05 bits per heavy atom. The second-order valence-corrected chi connectivity index (χ2v) is 5.30. The lowest BCUT2D eigenvalue weighted by atomic mass is 10.1. The number of benzene rings is 2. The zero-order valence-electron chi connectivity index (χ0n) is 12.2. The van der Waals surface area contributed by atoms with E-state index in [0.717, 1.165) is 22.9 Å². The SMILES string of the molecule is C=CCOc1ccccc1CN[C@@H](C)c1cccc(Cl)c1. The molecule has 2 aromatic rings. The van der Waals surface area contributed by atoms with Crippen LogP contribution in [-0.4, -0.2) is 6.61 Å². The molecule has 3 heteroatoms. The number of rotatable bonds is 7. The average Bonchev–Trinajstić information content (AvgIpc) is 2.51. The van der Waals surface area contributed by atoms with Crippen molar-refractivity contribution in [3.63, 3.8) is 0 Å². The molecule has 0 aliphatic heterocycles. The van der Waals surface area contributed by atoms with Crippen LogP contribution >= 0.6 is 11.6 Å². The molecule has 0 saturated carbocycles. The Kier molecular flexibility index (Phi) is 5.85. The average molecular weight is 302 g/mol. The van der Waals surface area contributed by atoms with Gasteiger partial charge in [0.15, 0.2) is 0 Å². The van der Waals surface area contributed by atoms with E-state index in [2.05, 4.69) is 31.0 Å². The molecule has 2 nitrogen and oxygen atoms in total. The Labute approximate surface area is 131 Å². The molecule has 21 heavy (non-hydrogen) atoms. The van der Waals surface area contributed by atoms with Gasteiger partial charge in [-0.1, -0.05) is 54.6 Å². The number of nitrogens with one attached hydrogen (secondary N) is 1. The first-order valence-corrected chi connectivity index (χ1v) is 7.39. The zero-order valence-corrected chi connectivity index (χ0v) is 12.9. The van der Waals surface area contributed by atoms with Crippen molar-refractivity contribution in [3.8, 4) is 5.75 Å². The molecule has 0 saturated heterocycles. The van der Waals surface area contributed by atoms with Crippen molar-refractivity contribution in [3.05, 3.63) is 77.3 Å². The zero-order chi connectivity index (χ0) is 15.1. The number of para-hydroxylation sites is 1. The fraction of sp³-hybridized carbons (Fsp3) is 0.222. The maximum Gasteiger partial charge on any atom is 0.124 e. The second-order valence-electron chi connectivity index (χ2n) is 4.86. The molecule has 0 spiro atoms. The molecule has 2 rings (SSSR count). The molecular weight excluding hydrogens is 282 g/mol. The lowest BCUT2D eigenvalue weighted by Gasteiger charge is -2.16. The molecule has 0 aliphatic rings. The fourth-order valence-electron chi connectivity index (χ4n) is 2.10. The normalized spacial score (nSPS) is 11.9. The molecule has 110 valence electrons. The second kappa shape index (κ2) is 7.87. The monoisotopic (exact) mass is 301 g/mol. The largest absolute Gasteiger partial charge is 0.489 e. The highest BCUT2D eigenvalue weighted by Crippen LogP contribution is 2.21. The minimum absolute atomic E-state index is 0.219. The molecule has 0 aliphatic carbocycles. The molecule has 0 fully saturated rings. The van der Waals surface area contributed by atoms with Crippen molar-refractivity contribution in [1.29, 1.82) is 0 Å². The van der Waals surface area contributed by atoms with Crippen molar-refractivity contribution >= 4 is 11.6 Å². The van der Waals surface area contributed by atoms with Crippen LogP contribution in [0, 0.1) is 0 Å². The van der Waals surface area contributed by atoms with Crippen molar-refractivity contribution in [2.24, 2.45) is 0 Å². The summed E-state index contributed by atoms with van der Waals surface area (Å²) in [4.78, 5) is 0. The van der Waals surface area contributed by atoms with E-state index in [1.165, 1.54) is 5.56 Å². The van der Waals surface area contributed by atoms with Gasteiger partial charge in [0, 0.05) is 23.2 Å². The molecule has 0 unspecified atom stereocenters. The van der Waals surface area contributed by atoms with Gasteiger partial charge >= 0.3 is 0 Å². The minimum Gasteiger partial charge on any atom is -0.489 e. The van der Waals surface area contributed by atoms with E-state index in [1.807, 2.05) is 36.4 Å². The van der Waals surface area contributed by atoms with Crippen LogP contribution in [0.2, 0.25) is 5.02 Å². The molecule has 0 aromatic heterocycles. The van der Waals surface area contributed by atoms with Crippen molar-refractivity contribution in [2.75, 3.05) is 6.61 Å². The standard InChI is InChI=1S/C18H20ClNO/c1-3-11-21-18-10-5-4-7-16(18)13-20-14(2)15-8-6-9-17(19)12-15/h3-10,12,14,20H,1,11,13H2,2H3/t14-/m0/s1. The number of ether oxygens (including phenoxy) is 1. The van der Waals surface area contributed by atoms with Gasteiger partial charge in [0.1, 0.15) is 12.4 Å². The van der Waals surface area contributed by atoms with Gasteiger partial charge in [-0.2, -0.15) is 0 Å². The molecule has 0 bridgehead atoms. The van der Waals surface area contributed by atoms with Crippen molar-refractivity contribution < 1.29 is 4.74 Å². The van der Waals surface area contributed by atoms with Crippen molar-refractivity contribution in [2.45, 2.75) is 19.5 Å². The fourth-order valence-corrected chi connectivity index (χ4v) is 2.29. The summed E-state index contributed by atoms with van der Waals surface area (Å²) in [6, 6.07) is 16.2. The van der Waals surface area contributed by atoms with Gasteiger partial charge < -0.3 is 10.1 Å². The van der Waals surface area contributed by atoms with Crippen LogP contribution in [0.1, 0.15) is 24.1 Å². The smallest absolute Gasteiger partial charge is 0.124 e. The van der Waals surface area contributed by atoms with E-state index in [9.17, 15) is 0 Å². The summed E-state index contributed by atoms with van der Waals surface area (Å²) in [7, 11) is 0. The van der Waals surface area contributed by atoms with Gasteiger partial charge in [-0.3, -0.25) is 0 Å². The van der Waals surface area contributed by atoms with Gasteiger partial charge in [0.25, 0.3) is 0 Å². The molecule has 0 amide bonds. The predicted octanol–water partition coefficient (Wildman–Crippen LogP) is 4.76. The number of hydrogen-bond donors (Lipinski definition) is 1. The van der Waals surface area contributed by atoms with Crippen LogP contribution in [0.3, 0.4) is 0 Å². The van der Waals surface area contributed by atoms with Crippen LogP contribution in [0.5, 0.6) is 5.75 Å². The highest BCUT2D eigenvalue weighted by Gasteiger charge is 2.07. The third-order valence-corrected chi connectivity index (χ3v) is 3.51. The minimum atomic E-state index is 0.219. The van der Waals surface area contributed by atoms with E-state index < -0.39 is 0 Å². The summed E-state index contributed by atoms with van der Waals surface area (Å²) >= 11 is 6.03. The maximum absolute atomic E-state index is 6.03. The van der Waals surface area contributed by atoms with Gasteiger partial charge in [-0.25, -0.2) is 0 Å². The molecule has 1 atom stereocenters. The molecule has 0 radical (unpaired) electrons. The third kappa shape index (κ3) is 4.62. The van der Waals surface area contributed by atoms with E-state index in [4.69, 9.17) is 16.3 Å². The highest BCUT2D eigenvalue weighted by atomic mass is 35.5. The Balaban J connectivity index is 2.01. The Morgan fingerprint density at radius 1 is 1.24 bits per heavy atom. The first-order chi connectivity index (χ1) is 10.2. The lowest BCUT2D eigenvalue weighted by Crippen LogP contribution is -2.18. The lowest BCUT2D eigenvalue weighted by molar-refractivity contribution is 0.357. The quantitative estimate of drug-likeness (QED) is 0.745. The van der Waals surface area contributed by atoms with E-state index in [0.29, 0.717) is 6.61 Å². The van der Waals surface area contributed by atoms with E-state index >= 15 is 0 Å². The van der Waals surface area contributed by atoms with Crippen molar-refractivity contribution in [1.82, 2.24) is 5.32 Å². The van der Waals surface area contributed by atoms with Crippen LogP contribution < -0.4 is 10.1 Å². The van der Waals surface area contributed by atoms with E-state index in [-0.39, 0.29) is 6.04 Å². The molecule has 1 N–H and O–H groups in total. The van der Waals surface area contributed by atoms with Gasteiger partial charge in [-0.15, -0.1) is 0 Å². The Bertz CT molecular complexity index is 597. The summed E-state index contributed by atoms with van der Waals surface area (Å²) in [6.45, 7) is 7.05. The van der Waals surface area contributed by atoms with Gasteiger partial charge in [-0.05, 0) is 30.7 Å². The molecular formula is C18H20ClNO. The van der Waals surface area contributed by atoms with Crippen LogP contribution in [0.4, 0.5) is 0 Å². The van der Waals surface area contributed by atoms with Crippen LogP contribution in [-0.2, 0) is 6.54 Å². The summed E-state index contributed by atoms with van der Waals surface area (Å²) in [5, 5.41) is 4.25. The Morgan fingerprint density at radius 3 is 2.81 bits per heavy atom. The predicted molar refractivity (Wildman–Crippen MR) is 88.8 cm³/mol. The summed E-state index contributed by atoms with van der Waals surface area (Å²) in [5.74, 6) is 0.892. The molecule has 0 heterocycles.